The van der Waals surface area contributed by atoms with Gasteiger partial charge in [0.2, 0.25) is 0 Å². The van der Waals surface area contributed by atoms with Crippen LogP contribution in [-0.2, 0) is 4.74 Å². The highest BCUT2D eigenvalue weighted by Crippen LogP contribution is 2.34. The lowest BCUT2D eigenvalue weighted by molar-refractivity contribution is 0.0218. The number of pyridine rings is 1. The summed E-state index contributed by atoms with van der Waals surface area (Å²) in [6, 6.07) is 10.4. The first kappa shape index (κ1) is 28.3. The van der Waals surface area contributed by atoms with E-state index in [1.807, 2.05) is 51.1 Å². The molecule has 2 unspecified atom stereocenters. The lowest BCUT2D eigenvalue weighted by Crippen LogP contribution is -2.36. The summed E-state index contributed by atoms with van der Waals surface area (Å²) in [5.74, 6) is 1.32. The zero-order chi connectivity index (χ0) is 30.3. The molecule has 224 valence electrons. The van der Waals surface area contributed by atoms with Crippen molar-refractivity contribution in [3.05, 3.63) is 83.2 Å². The van der Waals surface area contributed by atoms with E-state index >= 15 is 0 Å². The van der Waals surface area contributed by atoms with Crippen molar-refractivity contribution in [2.75, 3.05) is 13.1 Å². The Morgan fingerprint density at radius 2 is 1.65 bits per heavy atom. The molecule has 2 saturated heterocycles. The fourth-order valence-corrected chi connectivity index (χ4v) is 5.92. The van der Waals surface area contributed by atoms with E-state index in [2.05, 4.69) is 15.0 Å². The highest BCUT2D eigenvalue weighted by atomic mass is 16.6. The number of H-pyrrole nitrogens is 1. The second kappa shape index (κ2) is 11.1. The Balaban J connectivity index is 1.19. The van der Waals surface area contributed by atoms with Crippen molar-refractivity contribution in [2.24, 2.45) is 0 Å². The Morgan fingerprint density at radius 1 is 0.930 bits per heavy atom. The number of amides is 2. The molecule has 0 bridgehead atoms. The minimum absolute atomic E-state index is 0.170. The van der Waals surface area contributed by atoms with Crippen LogP contribution in [0.25, 0.3) is 22.6 Å². The molecule has 2 atom stereocenters. The van der Waals surface area contributed by atoms with Crippen LogP contribution in [0.4, 0.5) is 9.59 Å². The Labute approximate surface area is 248 Å². The highest BCUT2D eigenvalue weighted by molar-refractivity contribution is 5.69. The third-order valence-corrected chi connectivity index (χ3v) is 7.90. The highest BCUT2D eigenvalue weighted by Gasteiger charge is 2.35. The number of carbonyl (C=O) groups is 2. The van der Waals surface area contributed by atoms with E-state index in [0.29, 0.717) is 36.7 Å². The van der Waals surface area contributed by atoms with Gasteiger partial charge in [-0.3, -0.25) is 19.2 Å². The molecule has 2 aliphatic rings. The molecule has 0 saturated carbocycles. The average molecular weight is 586 g/mol. The van der Waals surface area contributed by atoms with Crippen molar-refractivity contribution in [1.29, 1.82) is 0 Å². The Bertz CT molecular complexity index is 1700. The summed E-state index contributed by atoms with van der Waals surface area (Å²) in [5.41, 5.74) is 2.25. The van der Waals surface area contributed by atoms with E-state index in [1.54, 1.807) is 38.8 Å². The lowest BCUT2D eigenvalue weighted by atomic mass is 10.1. The van der Waals surface area contributed by atoms with E-state index in [-0.39, 0.29) is 23.7 Å². The molecule has 12 heteroatoms. The molecule has 2 N–H and O–H groups in total. The quantitative estimate of drug-likeness (QED) is 0.324. The van der Waals surface area contributed by atoms with E-state index in [4.69, 9.17) is 4.74 Å². The third-order valence-electron chi connectivity index (χ3n) is 7.90. The van der Waals surface area contributed by atoms with Gasteiger partial charge < -0.3 is 19.4 Å². The van der Waals surface area contributed by atoms with Crippen LogP contribution in [0.1, 0.15) is 70.2 Å². The summed E-state index contributed by atoms with van der Waals surface area (Å²) in [7, 11) is 0. The van der Waals surface area contributed by atoms with Gasteiger partial charge in [0, 0.05) is 43.4 Å². The molecular weight excluding hydrogens is 550 g/mol. The SMILES string of the molecule is CC(C)(C)OC(=O)N1CCCC1c1ncc(-c2ccc(-n3ccc(-n4ccnc4C4CCCN4C(=O)O)cc3=O)cc2)[nH]1. The second-order valence-electron chi connectivity index (χ2n) is 11.9. The minimum atomic E-state index is -0.969. The predicted molar refractivity (Wildman–Crippen MR) is 158 cm³/mol. The number of imidazole rings is 2. The van der Waals surface area contributed by atoms with Crippen molar-refractivity contribution in [3.63, 3.8) is 0 Å². The first-order valence-electron chi connectivity index (χ1n) is 14.5. The predicted octanol–water partition coefficient (Wildman–Crippen LogP) is 5.30. The molecule has 5 heterocycles. The number of nitrogens with one attached hydrogen (secondary N) is 1. The summed E-state index contributed by atoms with van der Waals surface area (Å²) in [4.78, 5) is 53.1. The van der Waals surface area contributed by atoms with E-state index in [9.17, 15) is 19.5 Å². The van der Waals surface area contributed by atoms with Gasteiger partial charge >= 0.3 is 12.2 Å². The van der Waals surface area contributed by atoms with Crippen LogP contribution in [0.3, 0.4) is 0 Å². The number of rotatable bonds is 5. The summed E-state index contributed by atoms with van der Waals surface area (Å²) in [5, 5.41) is 9.57. The van der Waals surface area contributed by atoms with Crippen LogP contribution < -0.4 is 5.56 Å². The number of carboxylic acid groups (broad SMARTS) is 1. The number of likely N-dealkylation sites (tertiary alicyclic amines) is 2. The average Bonchev–Trinajstić information content (AvgIpc) is 3.78. The molecule has 2 aliphatic heterocycles. The van der Waals surface area contributed by atoms with E-state index < -0.39 is 11.7 Å². The number of ether oxygens (including phenoxy) is 1. The maximum Gasteiger partial charge on any atom is 0.410 e. The molecule has 1 aromatic carbocycles. The monoisotopic (exact) mass is 585 g/mol. The normalized spacial score (nSPS) is 18.8. The number of aromatic amines is 1. The molecule has 0 aliphatic carbocycles. The number of carbonyl (C=O) groups excluding carboxylic acids is 1. The fourth-order valence-electron chi connectivity index (χ4n) is 5.92. The van der Waals surface area contributed by atoms with Crippen molar-refractivity contribution in [3.8, 4) is 22.6 Å². The van der Waals surface area contributed by atoms with Gasteiger partial charge in [0.15, 0.2) is 0 Å². The van der Waals surface area contributed by atoms with Gasteiger partial charge in [-0.05, 0) is 70.2 Å². The van der Waals surface area contributed by atoms with Gasteiger partial charge in [-0.1, -0.05) is 12.1 Å². The van der Waals surface area contributed by atoms with E-state index in [1.165, 1.54) is 11.0 Å². The van der Waals surface area contributed by atoms with Crippen LogP contribution in [0.5, 0.6) is 0 Å². The van der Waals surface area contributed by atoms with Crippen LogP contribution in [0.15, 0.2) is 66.0 Å². The lowest BCUT2D eigenvalue weighted by Gasteiger charge is -2.27. The molecule has 3 aromatic heterocycles. The van der Waals surface area contributed by atoms with Crippen molar-refractivity contribution >= 4 is 12.2 Å². The van der Waals surface area contributed by atoms with Crippen molar-refractivity contribution in [1.82, 2.24) is 33.9 Å². The number of hydrogen-bond donors (Lipinski definition) is 2. The summed E-state index contributed by atoms with van der Waals surface area (Å²) in [6.45, 7) is 6.67. The Kier molecular flexibility index (Phi) is 7.28. The molecule has 6 rings (SSSR count). The zero-order valence-corrected chi connectivity index (χ0v) is 24.4. The number of benzene rings is 1. The Hall–Kier alpha value is -4.87. The molecule has 0 spiro atoms. The van der Waals surface area contributed by atoms with Crippen LogP contribution in [0.2, 0.25) is 0 Å². The van der Waals surface area contributed by atoms with Crippen LogP contribution in [-0.4, -0.2) is 69.9 Å². The third kappa shape index (κ3) is 5.64. The van der Waals surface area contributed by atoms with Gasteiger partial charge in [-0.15, -0.1) is 0 Å². The molecule has 12 nitrogen and oxygen atoms in total. The second-order valence-corrected chi connectivity index (χ2v) is 11.9. The van der Waals surface area contributed by atoms with Crippen molar-refractivity contribution < 1.29 is 19.4 Å². The number of hydrogen-bond acceptors (Lipinski definition) is 6. The summed E-state index contributed by atoms with van der Waals surface area (Å²) < 4.78 is 8.93. The topological polar surface area (TPSA) is 139 Å². The first-order valence-corrected chi connectivity index (χ1v) is 14.5. The standard InChI is InChI=1S/C31H35N7O5/c1-31(2,3)43-30(42)38-15-4-6-24(38)27-33-19-23(34-27)20-8-10-21(11-9-20)35-16-12-22(18-26(35)39)36-17-13-32-28(36)25-7-5-14-37(25)29(40)41/h8-13,16-19,24-25H,4-7,14-15H2,1-3H3,(H,33,34)(H,40,41). The molecule has 2 amide bonds. The molecule has 4 aromatic rings. The molecule has 43 heavy (non-hydrogen) atoms. The minimum Gasteiger partial charge on any atom is -0.465 e. The van der Waals surface area contributed by atoms with Gasteiger partial charge in [0.1, 0.15) is 17.2 Å². The van der Waals surface area contributed by atoms with Gasteiger partial charge in [-0.25, -0.2) is 19.6 Å². The van der Waals surface area contributed by atoms with Gasteiger partial charge in [-0.2, -0.15) is 0 Å². The number of nitrogens with zero attached hydrogens (tertiary/aromatic N) is 6. The molecule has 2 fully saturated rings. The maximum atomic E-state index is 13.2. The van der Waals surface area contributed by atoms with Crippen molar-refractivity contribution in [2.45, 2.75) is 64.1 Å². The zero-order valence-electron chi connectivity index (χ0n) is 24.4. The summed E-state index contributed by atoms with van der Waals surface area (Å²) in [6.07, 6.45) is 8.69. The van der Waals surface area contributed by atoms with E-state index in [0.717, 1.165) is 36.3 Å². The summed E-state index contributed by atoms with van der Waals surface area (Å²) >= 11 is 0. The van der Waals surface area contributed by atoms with Crippen LogP contribution >= 0.6 is 0 Å². The maximum absolute atomic E-state index is 13.2. The molecular formula is C31H35N7O5. The molecule has 0 radical (unpaired) electrons. The number of aromatic nitrogens is 5. The van der Waals surface area contributed by atoms with Gasteiger partial charge in [0.25, 0.3) is 5.56 Å². The fraction of sp³-hybridized carbons (Fsp3) is 0.387. The first-order chi connectivity index (χ1) is 20.6. The largest absolute Gasteiger partial charge is 0.465 e. The van der Waals surface area contributed by atoms with Crippen LogP contribution in [0, 0.1) is 0 Å². The Morgan fingerprint density at radius 3 is 2.35 bits per heavy atom. The van der Waals surface area contributed by atoms with Gasteiger partial charge in [0.05, 0.1) is 29.7 Å². The smallest absolute Gasteiger partial charge is 0.410 e.